The molecule has 2 amide bonds. The van der Waals surface area contributed by atoms with Gasteiger partial charge in [-0.2, -0.15) is 0 Å². The van der Waals surface area contributed by atoms with Gasteiger partial charge in [0.2, 0.25) is 0 Å². The average molecular weight is 211 g/mol. The van der Waals surface area contributed by atoms with Gasteiger partial charge in [-0.3, -0.25) is 5.32 Å². The Morgan fingerprint density at radius 1 is 1.67 bits per heavy atom. The molecule has 0 aromatic heterocycles. The molecule has 1 aliphatic rings. The van der Waals surface area contributed by atoms with E-state index in [0.29, 0.717) is 19.0 Å². The molecule has 1 heterocycles. The lowest BCUT2D eigenvalue weighted by atomic mass is 10.2. The van der Waals surface area contributed by atoms with Gasteiger partial charge in [0.15, 0.2) is 0 Å². The van der Waals surface area contributed by atoms with Crippen molar-refractivity contribution in [3.8, 4) is 0 Å². The summed E-state index contributed by atoms with van der Waals surface area (Å²) in [7, 11) is 1.59. The molecular weight excluding hydrogens is 194 g/mol. The molecule has 15 heavy (non-hydrogen) atoms. The van der Waals surface area contributed by atoms with Crippen molar-refractivity contribution in [1.82, 2.24) is 10.6 Å². The molecule has 0 radical (unpaired) electrons. The Labute approximate surface area is 89.6 Å². The largest absolute Gasteiger partial charge is 0.383 e. The number of allylic oxidation sites excluding steroid dienone is 1. The number of amides is 2. The average Bonchev–Trinajstić information content (AvgIpc) is 2.18. The summed E-state index contributed by atoms with van der Waals surface area (Å²) < 4.78 is 4.81. The van der Waals surface area contributed by atoms with Crippen molar-refractivity contribution in [2.75, 3.05) is 20.3 Å². The number of nitrogens with zero attached hydrogens (tertiary/aromatic N) is 1. The maximum Gasteiger partial charge on any atom is 0.320 e. The van der Waals surface area contributed by atoms with E-state index in [1.165, 1.54) is 0 Å². The number of hydrogen-bond donors (Lipinski definition) is 2. The fraction of sp³-hybridized carbons (Fsp3) is 0.600. The van der Waals surface area contributed by atoms with Crippen molar-refractivity contribution >= 4 is 11.7 Å². The highest BCUT2D eigenvalue weighted by molar-refractivity contribution is 5.85. The van der Waals surface area contributed by atoms with E-state index in [1.54, 1.807) is 7.11 Å². The van der Waals surface area contributed by atoms with Crippen molar-refractivity contribution in [3.05, 3.63) is 11.9 Å². The van der Waals surface area contributed by atoms with Crippen LogP contribution in [0.25, 0.3) is 0 Å². The third-order valence-electron chi connectivity index (χ3n) is 1.99. The van der Waals surface area contributed by atoms with Gasteiger partial charge in [0.05, 0.1) is 6.61 Å². The first-order valence-corrected chi connectivity index (χ1v) is 5.00. The second-order valence-electron chi connectivity index (χ2n) is 3.35. The van der Waals surface area contributed by atoms with Crippen molar-refractivity contribution in [3.63, 3.8) is 0 Å². The highest BCUT2D eigenvalue weighted by Crippen LogP contribution is 2.07. The third-order valence-corrected chi connectivity index (χ3v) is 1.99. The highest BCUT2D eigenvalue weighted by atomic mass is 16.5. The lowest BCUT2D eigenvalue weighted by Crippen LogP contribution is -2.36. The molecule has 0 saturated heterocycles. The zero-order valence-electron chi connectivity index (χ0n) is 9.17. The van der Waals surface area contributed by atoms with Crippen molar-refractivity contribution in [2.45, 2.75) is 19.8 Å². The zero-order valence-corrected chi connectivity index (χ0v) is 9.17. The molecule has 0 saturated carbocycles. The molecule has 0 aromatic rings. The smallest absolute Gasteiger partial charge is 0.320 e. The summed E-state index contributed by atoms with van der Waals surface area (Å²) in [5, 5.41) is 5.34. The predicted octanol–water partition coefficient (Wildman–Crippen LogP) is 1.03. The van der Waals surface area contributed by atoms with Crippen molar-refractivity contribution < 1.29 is 9.53 Å². The summed E-state index contributed by atoms with van der Waals surface area (Å²) >= 11 is 0. The minimum absolute atomic E-state index is 0.239. The minimum Gasteiger partial charge on any atom is -0.383 e. The van der Waals surface area contributed by atoms with Gasteiger partial charge >= 0.3 is 6.03 Å². The molecule has 0 bridgehead atoms. The number of carbonyl (C=O) groups is 1. The van der Waals surface area contributed by atoms with Crippen LogP contribution in [0.3, 0.4) is 0 Å². The van der Waals surface area contributed by atoms with E-state index < -0.39 is 0 Å². The Kier molecular flexibility index (Phi) is 4.83. The molecule has 0 spiro atoms. The molecule has 0 fully saturated rings. The van der Waals surface area contributed by atoms with Crippen LogP contribution in [0.5, 0.6) is 0 Å². The van der Waals surface area contributed by atoms with Crippen LogP contribution >= 0.6 is 0 Å². The number of ether oxygens (including phenoxy) is 1. The number of urea groups is 1. The Morgan fingerprint density at radius 2 is 2.47 bits per heavy atom. The molecule has 1 aliphatic heterocycles. The normalized spacial score (nSPS) is 15.3. The van der Waals surface area contributed by atoms with E-state index in [1.807, 2.05) is 13.0 Å². The Morgan fingerprint density at radius 3 is 3.13 bits per heavy atom. The lowest BCUT2D eigenvalue weighted by molar-refractivity contribution is 0.196. The van der Waals surface area contributed by atoms with Gasteiger partial charge in [-0.25, -0.2) is 9.79 Å². The fourth-order valence-electron chi connectivity index (χ4n) is 1.23. The van der Waals surface area contributed by atoms with Crippen molar-refractivity contribution in [1.29, 1.82) is 0 Å². The van der Waals surface area contributed by atoms with E-state index >= 15 is 0 Å². The topological polar surface area (TPSA) is 62.7 Å². The van der Waals surface area contributed by atoms with E-state index in [4.69, 9.17) is 4.74 Å². The number of rotatable bonds is 4. The van der Waals surface area contributed by atoms with Crippen LogP contribution in [0.2, 0.25) is 0 Å². The van der Waals surface area contributed by atoms with Gasteiger partial charge in [0, 0.05) is 19.4 Å². The van der Waals surface area contributed by atoms with Crippen LogP contribution in [0.15, 0.2) is 16.9 Å². The minimum atomic E-state index is -0.239. The summed E-state index contributed by atoms with van der Waals surface area (Å²) in [6, 6.07) is -0.239. The maximum atomic E-state index is 11.3. The van der Waals surface area contributed by atoms with E-state index in [0.717, 1.165) is 18.6 Å². The zero-order chi connectivity index (χ0) is 11.1. The molecule has 5 heteroatoms. The van der Waals surface area contributed by atoms with Gasteiger partial charge in [0.1, 0.15) is 5.82 Å². The number of methoxy groups -OCH3 is 1. The lowest BCUT2D eigenvalue weighted by Gasteiger charge is -2.11. The molecule has 2 N–H and O–H groups in total. The van der Waals surface area contributed by atoms with Crippen LogP contribution in [-0.2, 0) is 4.74 Å². The fourth-order valence-corrected chi connectivity index (χ4v) is 1.23. The Bertz CT molecular complexity index is 284. The monoisotopic (exact) mass is 211 g/mol. The summed E-state index contributed by atoms with van der Waals surface area (Å²) in [6.45, 7) is 2.96. The second kappa shape index (κ2) is 6.19. The first kappa shape index (κ1) is 11.7. The second-order valence-corrected chi connectivity index (χ2v) is 3.35. The first-order chi connectivity index (χ1) is 7.22. The quantitative estimate of drug-likeness (QED) is 0.682. The number of carbonyl (C=O) groups excluding carboxylic acids is 1. The van der Waals surface area contributed by atoms with E-state index in [2.05, 4.69) is 15.6 Å². The molecule has 0 aromatic carbocycles. The number of nitrogens with one attached hydrogen (secondary N) is 2. The predicted molar refractivity (Wildman–Crippen MR) is 58.8 cm³/mol. The molecule has 0 unspecified atom stereocenters. The summed E-state index contributed by atoms with van der Waals surface area (Å²) in [4.78, 5) is 15.5. The van der Waals surface area contributed by atoms with Crippen LogP contribution < -0.4 is 10.6 Å². The highest BCUT2D eigenvalue weighted by Gasteiger charge is 2.06. The maximum absolute atomic E-state index is 11.3. The third kappa shape index (κ3) is 4.60. The van der Waals surface area contributed by atoms with Crippen LogP contribution in [0, 0.1) is 0 Å². The summed E-state index contributed by atoms with van der Waals surface area (Å²) in [6.07, 6.45) is 3.82. The molecule has 0 atom stereocenters. The van der Waals surface area contributed by atoms with Gasteiger partial charge in [-0.1, -0.05) is 0 Å². The summed E-state index contributed by atoms with van der Waals surface area (Å²) in [5.74, 6) is 0.633. The van der Waals surface area contributed by atoms with Crippen LogP contribution in [0.1, 0.15) is 19.8 Å². The Hall–Kier alpha value is -1.36. The van der Waals surface area contributed by atoms with Crippen LogP contribution in [-0.4, -0.2) is 32.0 Å². The van der Waals surface area contributed by atoms with E-state index in [-0.39, 0.29) is 6.03 Å². The molecule has 84 valence electrons. The van der Waals surface area contributed by atoms with E-state index in [9.17, 15) is 4.79 Å². The number of hydrogen-bond acceptors (Lipinski definition) is 3. The number of aliphatic imine (C=N–C) groups is 1. The van der Waals surface area contributed by atoms with Gasteiger partial charge in [-0.15, -0.1) is 0 Å². The molecule has 1 rings (SSSR count). The molecule has 5 nitrogen and oxygen atoms in total. The van der Waals surface area contributed by atoms with Gasteiger partial charge in [-0.05, 0) is 25.8 Å². The molecular formula is C10H17N3O2. The van der Waals surface area contributed by atoms with Gasteiger partial charge < -0.3 is 10.1 Å². The van der Waals surface area contributed by atoms with Crippen LogP contribution in [0.4, 0.5) is 4.79 Å². The standard InChI is InChI=1S/C10H17N3O2/c1-8-4-3-5-9(12-8)13-10(14)11-6-7-15-2/h5H,3-4,6-7H2,1-2H3,(H2,11,13,14). The Balaban J connectivity index is 2.29. The van der Waals surface area contributed by atoms with Gasteiger partial charge in [0.25, 0.3) is 0 Å². The SMILES string of the molecule is COCCNC(=O)NC1=CCCC(C)=N1. The summed E-state index contributed by atoms with van der Waals surface area (Å²) in [5.41, 5.74) is 1.05. The van der Waals surface area contributed by atoms with Crippen molar-refractivity contribution in [2.24, 2.45) is 4.99 Å². The molecule has 0 aliphatic carbocycles. The first-order valence-electron chi connectivity index (χ1n) is 5.00.